The maximum absolute atomic E-state index is 12.4. The summed E-state index contributed by atoms with van der Waals surface area (Å²) >= 11 is 5.83. The van der Waals surface area contributed by atoms with Gasteiger partial charge in [-0.2, -0.15) is 0 Å². The fourth-order valence-electron chi connectivity index (χ4n) is 1.76. The summed E-state index contributed by atoms with van der Waals surface area (Å²) in [4.78, 5) is 27.3. The Morgan fingerprint density at radius 3 is 2.60 bits per heavy atom. The molecule has 0 aliphatic carbocycles. The van der Waals surface area contributed by atoms with Crippen molar-refractivity contribution in [1.82, 2.24) is 4.98 Å². The van der Waals surface area contributed by atoms with Crippen LogP contribution >= 0.6 is 11.6 Å². The maximum atomic E-state index is 12.4. The third kappa shape index (κ3) is 2.62. The van der Waals surface area contributed by atoms with Gasteiger partial charge in [0.2, 0.25) is 0 Å². The Morgan fingerprint density at radius 1 is 1.20 bits per heavy atom. The molecule has 0 fully saturated rings. The smallest absolute Gasteiger partial charge is 0.338 e. The van der Waals surface area contributed by atoms with Crippen LogP contribution in [0, 0.1) is 0 Å². The summed E-state index contributed by atoms with van der Waals surface area (Å²) in [6.07, 6.45) is 2.50. The van der Waals surface area contributed by atoms with E-state index in [1.165, 1.54) is 31.5 Å². The van der Waals surface area contributed by atoms with E-state index in [9.17, 15) is 9.59 Å². The number of carboxylic acid groups (broad SMARTS) is 1. The minimum absolute atomic E-state index is 0.0492. The molecular weight excluding hydrogens is 282 g/mol. The quantitative estimate of drug-likeness (QED) is 0.876. The summed E-state index contributed by atoms with van der Waals surface area (Å²) in [5.74, 6) is -1.39. The first-order chi connectivity index (χ1) is 9.54. The fourth-order valence-corrected chi connectivity index (χ4v) is 1.92. The maximum Gasteiger partial charge on any atom is 0.338 e. The molecule has 20 heavy (non-hydrogen) atoms. The molecule has 0 aliphatic heterocycles. The van der Waals surface area contributed by atoms with E-state index in [0.717, 1.165) is 6.20 Å². The van der Waals surface area contributed by atoms with Gasteiger partial charge in [-0.15, -0.1) is 0 Å². The van der Waals surface area contributed by atoms with Crippen molar-refractivity contribution in [2.75, 3.05) is 7.11 Å². The van der Waals surface area contributed by atoms with Gasteiger partial charge in [0.25, 0.3) is 0 Å². The van der Waals surface area contributed by atoms with Crippen LogP contribution in [-0.2, 0) is 0 Å². The number of carbonyl (C=O) groups excluding carboxylic acids is 1. The van der Waals surface area contributed by atoms with Crippen LogP contribution in [0.3, 0.4) is 0 Å². The minimum Gasteiger partial charge on any atom is -0.496 e. The number of carbonyl (C=O) groups is 2. The topological polar surface area (TPSA) is 76.5 Å². The molecule has 0 atom stereocenters. The first-order valence-corrected chi connectivity index (χ1v) is 5.98. The molecule has 1 aromatic heterocycles. The van der Waals surface area contributed by atoms with Crippen molar-refractivity contribution in [1.29, 1.82) is 0 Å². The van der Waals surface area contributed by atoms with Crippen LogP contribution in [0.15, 0.2) is 36.7 Å². The highest BCUT2D eigenvalue weighted by molar-refractivity contribution is 6.31. The zero-order valence-electron chi connectivity index (χ0n) is 10.5. The highest BCUT2D eigenvalue weighted by atomic mass is 35.5. The van der Waals surface area contributed by atoms with Gasteiger partial charge in [0, 0.05) is 23.0 Å². The molecule has 102 valence electrons. The number of halogens is 1. The molecule has 1 aromatic carbocycles. The standard InChI is InChI=1S/C14H10ClNO4/c1-20-12-6-8(15)2-3-10(12)13(17)9-4-5-16-7-11(9)14(18)19/h2-7H,1H3,(H,18,19). The van der Waals surface area contributed by atoms with Gasteiger partial charge in [0.15, 0.2) is 5.78 Å². The number of carboxylic acids is 1. The Morgan fingerprint density at radius 2 is 1.95 bits per heavy atom. The molecule has 0 aliphatic rings. The lowest BCUT2D eigenvalue weighted by Crippen LogP contribution is -2.11. The van der Waals surface area contributed by atoms with Crippen molar-refractivity contribution in [3.8, 4) is 5.75 Å². The Labute approximate surface area is 119 Å². The summed E-state index contributed by atoms with van der Waals surface area (Å²) in [6.45, 7) is 0. The molecule has 0 unspecified atom stereocenters. The highest BCUT2D eigenvalue weighted by Gasteiger charge is 2.20. The number of hydrogen-bond donors (Lipinski definition) is 1. The van der Waals surface area contributed by atoms with E-state index in [2.05, 4.69) is 4.98 Å². The average Bonchev–Trinajstić information content (AvgIpc) is 2.46. The van der Waals surface area contributed by atoms with Crippen LogP contribution in [0.5, 0.6) is 5.75 Å². The molecule has 0 spiro atoms. The summed E-state index contributed by atoms with van der Waals surface area (Å²) in [5.41, 5.74) is 0.133. The van der Waals surface area contributed by atoms with Crippen LogP contribution in [0.4, 0.5) is 0 Å². The van der Waals surface area contributed by atoms with Crippen LogP contribution in [-0.4, -0.2) is 29.0 Å². The normalized spacial score (nSPS) is 10.1. The van der Waals surface area contributed by atoms with Gasteiger partial charge in [-0.05, 0) is 24.3 Å². The number of ether oxygens (including phenoxy) is 1. The van der Waals surface area contributed by atoms with E-state index in [-0.39, 0.29) is 22.4 Å². The van der Waals surface area contributed by atoms with Gasteiger partial charge in [0.05, 0.1) is 18.2 Å². The molecule has 0 amide bonds. The first-order valence-electron chi connectivity index (χ1n) is 5.60. The number of benzene rings is 1. The van der Waals surface area contributed by atoms with E-state index in [1.807, 2.05) is 0 Å². The number of rotatable bonds is 4. The molecule has 0 radical (unpaired) electrons. The SMILES string of the molecule is COc1cc(Cl)ccc1C(=O)c1ccncc1C(=O)O. The molecular formula is C14H10ClNO4. The number of methoxy groups -OCH3 is 1. The summed E-state index contributed by atoms with van der Waals surface area (Å²) in [7, 11) is 1.41. The largest absolute Gasteiger partial charge is 0.496 e. The van der Waals surface area contributed by atoms with Crippen molar-refractivity contribution in [2.45, 2.75) is 0 Å². The number of aromatic carboxylic acids is 1. The van der Waals surface area contributed by atoms with Crippen LogP contribution < -0.4 is 4.74 Å². The Balaban J connectivity index is 2.55. The monoisotopic (exact) mass is 291 g/mol. The van der Waals surface area contributed by atoms with Crippen LogP contribution in [0.2, 0.25) is 5.02 Å². The molecule has 1 N–H and O–H groups in total. The van der Waals surface area contributed by atoms with E-state index >= 15 is 0 Å². The van der Waals surface area contributed by atoms with Gasteiger partial charge in [-0.3, -0.25) is 9.78 Å². The Bertz CT molecular complexity index is 685. The van der Waals surface area contributed by atoms with Gasteiger partial charge in [-0.1, -0.05) is 11.6 Å². The summed E-state index contributed by atoms with van der Waals surface area (Å²) in [5, 5.41) is 9.51. The fraction of sp³-hybridized carbons (Fsp3) is 0.0714. The average molecular weight is 292 g/mol. The van der Waals surface area contributed by atoms with Gasteiger partial charge >= 0.3 is 5.97 Å². The number of ketones is 1. The second-order valence-electron chi connectivity index (χ2n) is 3.90. The van der Waals surface area contributed by atoms with E-state index < -0.39 is 11.8 Å². The zero-order valence-corrected chi connectivity index (χ0v) is 11.2. The minimum atomic E-state index is -1.21. The molecule has 0 saturated heterocycles. The van der Waals surface area contributed by atoms with Crippen molar-refractivity contribution < 1.29 is 19.4 Å². The molecule has 0 bridgehead atoms. The molecule has 2 rings (SSSR count). The second kappa shape index (κ2) is 5.71. The zero-order chi connectivity index (χ0) is 14.7. The second-order valence-corrected chi connectivity index (χ2v) is 4.34. The van der Waals surface area contributed by atoms with Crippen LogP contribution in [0.25, 0.3) is 0 Å². The van der Waals surface area contributed by atoms with E-state index in [0.29, 0.717) is 5.02 Å². The third-order valence-corrected chi connectivity index (χ3v) is 2.94. The molecule has 0 saturated carbocycles. The summed E-state index contributed by atoms with van der Waals surface area (Å²) in [6, 6.07) is 5.89. The third-order valence-electron chi connectivity index (χ3n) is 2.70. The van der Waals surface area contributed by atoms with Crippen molar-refractivity contribution in [3.05, 3.63) is 58.4 Å². The molecule has 2 aromatic rings. The highest BCUT2D eigenvalue weighted by Crippen LogP contribution is 2.26. The lowest BCUT2D eigenvalue weighted by molar-refractivity contribution is 0.0692. The van der Waals surface area contributed by atoms with Crippen LogP contribution in [0.1, 0.15) is 26.3 Å². The van der Waals surface area contributed by atoms with E-state index in [1.54, 1.807) is 6.07 Å². The Kier molecular flexibility index (Phi) is 4.00. The number of nitrogens with zero attached hydrogens (tertiary/aromatic N) is 1. The summed E-state index contributed by atoms with van der Waals surface area (Å²) < 4.78 is 5.10. The lowest BCUT2D eigenvalue weighted by Gasteiger charge is -2.09. The van der Waals surface area contributed by atoms with E-state index in [4.69, 9.17) is 21.4 Å². The van der Waals surface area contributed by atoms with Gasteiger partial charge in [0.1, 0.15) is 5.75 Å². The lowest BCUT2D eigenvalue weighted by atomic mass is 9.99. The Hall–Kier alpha value is -2.40. The number of pyridine rings is 1. The van der Waals surface area contributed by atoms with Gasteiger partial charge < -0.3 is 9.84 Å². The first kappa shape index (κ1) is 14.0. The predicted molar refractivity (Wildman–Crippen MR) is 72.6 cm³/mol. The van der Waals surface area contributed by atoms with Crippen molar-refractivity contribution >= 4 is 23.4 Å². The van der Waals surface area contributed by atoms with Crippen molar-refractivity contribution in [3.63, 3.8) is 0 Å². The van der Waals surface area contributed by atoms with Gasteiger partial charge in [-0.25, -0.2) is 4.79 Å². The number of aromatic nitrogens is 1. The molecule has 1 heterocycles. The molecule has 5 nitrogen and oxygen atoms in total. The predicted octanol–water partition coefficient (Wildman–Crippen LogP) is 2.67. The van der Waals surface area contributed by atoms with Crippen molar-refractivity contribution in [2.24, 2.45) is 0 Å². The number of hydrogen-bond acceptors (Lipinski definition) is 4. The molecule has 6 heteroatoms.